The average molecular weight is 248 g/mol. The van der Waals surface area contributed by atoms with Gasteiger partial charge < -0.3 is 16.0 Å². The van der Waals surface area contributed by atoms with E-state index < -0.39 is 0 Å². The molecule has 1 unspecified atom stereocenters. The molecular formula is C11H16N6O. The summed E-state index contributed by atoms with van der Waals surface area (Å²) in [6.45, 7) is 3.97. The highest BCUT2D eigenvalue weighted by atomic mass is 16.1. The van der Waals surface area contributed by atoms with Gasteiger partial charge in [0.25, 0.3) is 5.91 Å². The molecular weight excluding hydrogens is 232 g/mol. The van der Waals surface area contributed by atoms with Crippen molar-refractivity contribution in [1.82, 2.24) is 25.9 Å². The number of hydrogen-bond donors (Lipinski definition) is 3. The molecule has 1 atom stereocenters. The molecule has 1 aromatic heterocycles. The maximum atomic E-state index is 11.6. The number of amides is 1. The summed E-state index contributed by atoms with van der Waals surface area (Å²) in [5, 5.41) is 9.03. The van der Waals surface area contributed by atoms with E-state index in [2.05, 4.69) is 37.8 Å². The van der Waals surface area contributed by atoms with Crippen LogP contribution in [0.15, 0.2) is 23.6 Å². The molecule has 7 heteroatoms. The zero-order chi connectivity index (χ0) is 12.8. The number of nitrogens with zero attached hydrogens (tertiary/aromatic N) is 3. The molecule has 1 aliphatic rings. The summed E-state index contributed by atoms with van der Waals surface area (Å²) < 4.78 is 0. The highest BCUT2D eigenvalue weighted by Gasteiger charge is 2.11. The van der Waals surface area contributed by atoms with Gasteiger partial charge in [0.15, 0.2) is 5.96 Å². The maximum absolute atomic E-state index is 11.6. The smallest absolute Gasteiger partial charge is 0.271 e. The molecule has 2 rings (SSSR count). The second-order valence-electron chi connectivity index (χ2n) is 4.01. The van der Waals surface area contributed by atoms with E-state index in [1.54, 1.807) is 0 Å². The Kier molecular flexibility index (Phi) is 4.06. The molecule has 96 valence electrons. The van der Waals surface area contributed by atoms with Crippen LogP contribution in [0.3, 0.4) is 0 Å². The summed E-state index contributed by atoms with van der Waals surface area (Å²) in [4.78, 5) is 23.6. The van der Waals surface area contributed by atoms with Crippen molar-refractivity contribution >= 4 is 11.9 Å². The van der Waals surface area contributed by atoms with Gasteiger partial charge >= 0.3 is 0 Å². The van der Waals surface area contributed by atoms with Gasteiger partial charge in [-0.25, -0.2) is 4.98 Å². The van der Waals surface area contributed by atoms with Crippen molar-refractivity contribution < 1.29 is 4.79 Å². The lowest BCUT2D eigenvalue weighted by molar-refractivity contribution is 0.0949. The fourth-order valence-electron chi connectivity index (χ4n) is 1.52. The standard InChI is InChI=1S/C11H16N6O/c1-8-6-16-11(17-8)15-5-4-14-10(18)9-7-12-2-3-13-9/h2-3,7-8H,4-6H2,1H3,(H,14,18)(H2,15,16,17). The minimum atomic E-state index is -0.223. The molecule has 2 heterocycles. The average Bonchev–Trinajstić information content (AvgIpc) is 2.81. The monoisotopic (exact) mass is 248 g/mol. The van der Waals surface area contributed by atoms with Crippen LogP contribution in [0.5, 0.6) is 0 Å². The Morgan fingerprint density at radius 2 is 2.39 bits per heavy atom. The van der Waals surface area contributed by atoms with Crippen LogP contribution in [0.25, 0.3) is 0 Å². The molecule has 0 saturated carbocycles. The van der Waals surface area contributed by atoms with Crippen LogP contribution in [-0.2, 0) is 0 Å². The zero-order valence-electron chi connectivity index (χ0n) is 10.2. The first-order valence-corrected chi connectivity index (χ1v) is 5.85. The van der Waals surface area contributed by atoms with E-state index in [9.17, 15) is 4.79 Å². The lowest BCUT2D eigenvalue weighted by atomic mass is 10.4. The molecule has 0 aliphatic carbocycles. The fraction of sp³-hybridized carbons (Fsp3) is 0.455. The Bertz CT molecular complexity index is 432. The van der Waals surface area contributed by atoms with Gasteiger partial charge in [-0.05, 0) is 6.92 Å². The van der Waals surface area contributed by atoms with Crippen LogP contribution in [0, 0.1) is 0 Å². The van der Waals surface area contributed by atoms with Crippen LogP contribution in [-0.4, -0.2) is 47.5 Å². The first kappa shape index (κ1) is 12.3. The highest BCUT2D eigenvalue weighted by molar-refractivity contribution is 5.91. The number of rotatable bonds is 4. The largest absolute Gasteiger partial charge is 0.355 e. The van der Waals surface area contributed by atoms with Crippen molar-refractivity contribution in [2.24, 2.45) is 4.99 Å². The van der Waals surface area contributed by atoms with Crippen LogP contribution in [0.2, 0.25) is 0 Å². The van der Waals surface area contributed by atoms with Gasteiger partial charge in [-0.3, -0.25) is 14.8 Å². The van der Waals surface area contributed by atoms with Crippen molar-refractivity contribution in [2.45, 2.75) is 13.0 Å². The topological polar surface area (TPSA) is 91.3 Å². The second-order valence-corrected chi connectivity index (χ2v) is 4.01. The Morgan fingerprint density at radius 3 is 3.06 bits per heavy atom. The summed E-state index contributed by atoms with van der Waals surface area (Å²) in [5.41, 5.74) is 0.322. The van der Waals surface area contributed by atoms with Crippen molar-refractivity contribution in [3.05, 3.63) is 24.3 Å². The predicted octanol–water partition coefficient (Wildman–Crippen LogP) is -0.856. The molecule has 0 spiro atoms. The van der Waals surface area contributed by atoms with Crippen LogP contribution in [0.4, 0.5) is 0 Å². The number of guanidine groups is 1. The number of aromatic nitrogens is 2. The second kappa shape index (κ2) is 5.95. The van der Waals surface area contributed by atoms with Crippen molar-refractivity contribution in [3.63, 3.8) is 0 Å². The normalized spacial score (nSPS) is 17.8. The predicted molar refractivity (Wildman–Crippen MR) is 67.3 cm³/mol. The molecule has 1 amide bonds. The SMILES string of the molecule is CC1CN=C(NCCNC(=O)c2cnccn2)N1. The van der Waals surface area contributed by atoms with E-state index in [0.29, 0.717) is 24.8 Å². The van der Waals surface area contributed by atoms with E-state index in [1.165, 1.54) is 18.6 Å². The third-order valence-electron chi connectivity index (χ3n) is 2.41. The third-order valence-corrected chi connectivity index (χ3v) is 2.41. The minimum absolute atomic E-state index is 0.223. The molecule has 18 heavy (non-hydrogen) atoms. The molecule has 7 nitrogen and oxygen atoms in total. The van der Waals surface area contributed by atoms with Gasteiger partial charge in [-0.1, -0.05) is 0 Å². The van der Waals surface area contributed by atoms with Gasteiger partial charge in [0.1, 0.15) is 5.69 Å². The van der Waals surface area contributed by atoms with Crippen LogP contribution >= 0.6 is 0 Å². The summed E-state index contributed by atoms with van der Waals surface area (Å²) in [5.74, 6) is 0.566. The third kappa shape index (κ3) is 3.41. The summed E-state index contributed by atoms with van der Waals surface area (Å²) >= 11 is 0. The lowest BCUT2D eigenvalue weighted by Gasteiger charge is -2.09. The Hall–Kier alpha value is -2.18. The van der Waals surface area contributed by atoms with Gasteiger partial charge in [0.05, 0.1) is 12.7 Å². The first-order chi connectivity index (χ1) is 8.75. The molecule has 1 aromatic rings. The maximum Gasteiger partial charge on any atom is 0.271 e. The quantitative estimate of drug-likeness (QED) is 0.603. The number of carbonyl (C=O) groups is 1. The molecule has 0 bridgehead atoms. The van der Waals surface area contributed by atoms with E-state index >= 15 is 0 Å². The van der Waals surface area contributed by atoms with E-state index in [-0.39, 0.29) is 5.91 Å². The first-order valence-electron chi connectivity index (χ1n) is 5.85. The van der Waals surface area contributed by atoms with Gasteiger partial charge in [0, 0.05) is 31.5 Å². The van der Waals surface area contributed by atoms with Crippen LogP contribution in [0.1, 0.15) is 17.4 Å². The Morgan fingerprint density at radius 1 is 1.50 bits per heavy atom. The van der Waals surface area contributed by atoms with E-state index in [0.717, 1.165) is 12.5 Å². The number of hydrogen-bond acceptors (Lipinski definition) is 6. The van der Waals surface area contributed by atoms with Crippen LogP contribution < -0.4 is 16.0 Å². The highest BCUT2D eigenvalue weighted by Crippen LogP contribution is 1.91. The number of carbonyl (C=O) groups excluding carboxylic acids is 1. The number of nitrogens with one attached hydrogen (secondary N) is 3. The van der Waals surface area contributed by atoms with Gasteiger partial charge in [-0.15, -0.1) is 0 Å². The fourth-order valence-corrected chi connectivity index (χ4v) is 1.52. The zero-order valence-corrected chi connectivity index (χ0v) is 10.2. The van der Waals surface area contributed by atoms with Crippen molar-refractivity contribution in [3.8, 4) is 0 Å². The van der Waals surface area contributed by atoms with Gasteiger partial charge in [0.2, 0.25) is 0 Å². The number of aliphatic imine (C=N–C) groups is 1. The van der Waals surface area contributed by atoms with Crippen molar-refractivity contribution in [1.29, 1.82) is 0 Å². The van der Waals surface area contributed by atoms with Gasteiger partial charge in [-0.2, -0.15) is 0 Å². The summed E-state index contributed by atoms with van der Waals surface area (Å²) in [7, 11) is 0. The minimum Gasteiger partial charge on any atom is -0.355 e. The molecule has 0 radical (unpaired) electrons. The molecule has 0 aromatic carbocycles. The molecule has 0 saturated heterocycles. The molecule has 0 fully saturated rings. The Balaban J connectivity index is 1.65. The summed E-state index contributed by atoms with van der Waals surface area (Å²) in [6.07, 6.45) is 4.46. The lowest BCUT2D eigenvalue weighted by Crippen LogP contribution is -2.41. The molecule has 1 aliphatic heterocycles. The Labute approximate surface area is 105 Å². The molecule has 3 N–H and O–H groups in total. The summed E-state index contributed by atoms with van der Waals surface area (Å²) in [6, 6.07) is 0.377. The van der Waals surface area contributed by atoms with E-state index in [4.69, 9.17) is 0 Å². The van der Waals surface area contributed by atoms with E-state index in [1.807, 2.05) is 0 Å². The van der Waals surface area contributed by atoms with Crippen molar-refractivity contribution in [2.75, 3.05) is 19.6 Å².